The minimum absolute atomic E-state index is 0.598. The number of anilines is 3. The van der Waals surface area contributed by atoms with Crippen LogP contribution in [0.25, 0.3) is 65.7 Å². The summed E-state index contributed by atoms with van der Waals surface area (Å²) in [6.07, 6.45) is 6.51. The first-order valence-electron chi connectivity index (χ1n) is 18.7. The number of nitrogens with zero attached hydrogens (tertiary/aromatic N) is 1. The number of hydrogen-bond donors (Lipinski definition) is 0. The summed E-state index contributed by atoms with van der Waals surface area (Å²) in [6.45, 7) is 0. The zero-order chi connectivity index (χ0) is 34.4. The Kier molecular flexibility index (Phi) is 7.61. The average molecular weight is 670 g/mol. The lowest BCUT2D eigenvalue weighted by molar-refractivity contribution is 0.445. The Labute approximate surface area is 304 Å². The van der Waals surface area contributed by atoms with Gasteiger partial charge in [0.05, 0.1) is 5.69 Å². The maximum atomic E-state index is 6.31. The van der Waals surface area contributed by atoms with Gasteiger partial charge in [-0.1, -0.05) is 147 Å². The largest absolute Gasteiger partial charge is 0.456 e. The summed E-state index contributed by atoms with van der Waals surface area (Å²) in [5.74, 6) is 0.598. The molecule has 0 aliphatic heterocycles. The van der Waals surface area contributed by atoms with Gasteiger partial charge < -0.3 is 9.32 Å². The third kappa shape index (κ3) is 5.26. The van der Waals surface area contributed by atoms with Gasteiger partial charge in [-0.2, -0.15) is 0 Å². The molecule has 1 aromatic heterocycles. The van der Waals surface area contributed by atoms with Gasteiger partial charge in [-0.3, -0.25) is 0 Å². The molecule has 1 fully saturated rings. The molecule has 0 saturated heterocycles. The minimum atomic E-state index is 0.598. The molecule has 0 bridgehead atoms. The third-order valence-electron chi connectivity index (χ3n) is 11.2. The van der Waals surface area contributed by atoms with E-state index >= 15 is 0 Å². The van der Waals surface area contributed by atoms with E-state index in [1.54, 1.807) is 0 Å². The molecule has 10 rings (SSSR count). The van der Waals surface area contributed by atoms with E-state index in [1.807, 2.05) is 6.07 Å². The van der Waals surface area contributed by atoms with Crippen LogP contribution < -0.4 is 4.90 Å². The summed E-state index contributed by atoms with van der Waals surface area (Å²) in [5.41, 5.74) is 11.6. The molecule has 9 aromatic rings. The fourth-order valence-corrected chi connectivity index (χ4v) is 8.82. The number of benzene rings is 8. The summed E-state index contributed by atoms with van der Waals surface area (Å²) in [4.78, 5) is 2.46. The van der Waals surface area contributed by atoms with Crippen molar-refractivity contribution in [3.8, 4) is 22.3 Å². The van der Waals surface area contributed by atoms with Gasteiger partial charge in [-0.15, -0.1) is 0 Å². The molecule has 0 N–H and O–H groups in total. The first kappa shape index (κ1) is 30.7. The van der Waals surface area contributed by atoms with E-state index in [4.69, 9.17) is 4.42 Å². The first-order chi connectivity index (χ1) is 25.8. The second-order valence-electron chi connectivity index (χ2n) is 14.3. The molecule has 0 amide bonds. The van der Waals surface area contributed by atoms with Crippen molar-refractivity contribution in [3.05, 3.63) is 175 Å². The molecule has 0 unspecified atom stereocenters. The minimum Gasteiger partial charge on any atom is -0.456 e. The lowest BCUT2D eigenvalue weighted by Gasteiger charge is -2.29. The topological polar surface area (TPSA) is 16.4 Å². The zero-order valence-electron chi connectivity index (χ0n) is 29.1. The molecule has 1 saturated carbocycles. The van der Waals surface area contributed by atoms with Crippen LogP contribution in [0.5, 0.6) is 0 Å². The van der Waals surface area contributed by atoms with Crippen LogP contribution in [-0.2, 0) is 0 Å². The Balaban J connectivity index is 1.20. The first-order valence-corrected chi connectivity index (χ1v) is 18.7. The van der Waals surface area contributed by atoms with Gasteiger partial charge in [-0.25, -0.2) is 0 Å². The van der Waals surface area contributed by atoms with E-state index in [1.165, 1.54) is 75.9 Å². The summed E-state index contributed by atoms with van der Waals surface area (Å²) >= 11 is 0. The molecule has 0 atom stereocenters. The second-order valence-corrected chi connectivity index (χ2v) is 14.3. The van der Waals surface area contributed by atoms with Crippen molar-refractivity contribution < 1.29 is 4.42 Å². The van der Waals surface area contributed by atoms with E-state index in [9.17, 15) is 0 Å². The van der Waals surface area contributed by atoms with Gasteiger partial charge in [0.25, 0.3) is 0 Å². The van der Waals surface area contributed by atoms with E-state index in [-0.39, 0.29) is 0 Å². The van der Waals surface area contributed by atoms with Crippen LogP contribution in [-0.4, -0.2) is 0 Å². The lowest BCUT2D eigenvalue weighted by Crippen LogP contribution is -2.11. The Morgan fingerprint density at radius 2 is 1.12 bits per heavy atom. The maximum Gasteiger partial charge on any atom is 0.136 e. The smallest absolute Gasteiger partial charge is 0.136 e. The molecule has 0 radical (unpaired) electrons. The molecule has 2 nitrogen and oxygen atoms in total. The molecule has 1 aliphatic carbocycles. The highest BCUT2D eigenvalue weighted by Crippen LogP contribution is 2.47. The molecule has 52 heavy (non-hydrogen) atoms. The zero-order valence-corrected chi connectivity index (χ0v) is 29.1. The summed E-state index contributed by atoms with van der Waals surface area (Å²) < 4.78 is 6.31. The molecule has 2 heteroatoms. The quantitative estimate of drug-likeness (QED) is 0.175. The Hall–Kier alpha value is -6.12. The van der Waals surface area contributed by atoms with E-state index in [2.05, 4.69) is 169 Å². The summed E-state index contributed by atoms with van der Waals surface area (Å²) in [6, 6.07) is 62.1. The highest BCUT2D eigenvalue weighted by atomic mass is 16.3. The predicted molar refractivity (Wildman–Crippen MR) is 220 cm³/mol. The van der Waals surface area contributed by atoms with Gasteiger partial charge >= 0.3 is 0 Å². The van der Waals surface area contributed by atoms with Gasteiger partial charge in [0, 0.05) is 27.7 Å². The monoisotopic (exact) mass is 669 g/mol. The number of rotatable bonds is 6. The SMILES string of the molecule is c1cc(-c2cccc3oc4ccccc4c23)cc(N(c2ccc3ccccc3c2)c2ccccc2-c2cccc3cccc(C4CCCCC4)c23)c1. The van der Waals surface area contributed by atoms with Gasteiger partial charge in [0.15, 0.2) is 0 Å². The van der Waals surface area contributed by atoms with Gasteiger partial charge in [0.2, 0.25) is 0 Å². The maximum absolute atomic E-state index is 6.31. The molecule has 1 aliphatic rings. The Morgan fingerprint density at radius 1 is 0.442 bits per heavy atom. The highest BCUT2D eigenvalue weighted by molar-refractivity contribution is 6.12. The average Bonchev–Trinajstić information content (AvgIpc) is 3.60. The molecule has 1 heterocycles. The van der Waals surface area contributed by atoms with Crippen molar-refractivity contribution in [3.63, 3.8) is 0 Å². The normalized spacial score (nSPS) is 13.7. The number of fused-ring (bicyclic) bond motifs is 5. The fourth-order valence-electron chi connectivity index (χ4n) is 8.82. The standard InChI is InChI=1S/C50H39NO/c1-2-15-35(16-3-1)41-24-11-18-36-19-12-26-44(49(36)41)43-22-6-8-27-46(43)51(40-31-30-34-14-4-5-17-37(34)32-40)39-21-10-20-38(33-39)42-25-13-29-48-50(42)45-23-7-9-28-47(45)52-48/h4-14,17-33,35H,1-3,15-16H2. The van der Waals surface area contributed by atoms with Crippen molar-refractivity contribution in [2.45, 2.75) is 38.0 Å². The van der Waals surface area contributed by atoms with Gasteiger partial charge in [-0.05, 0) is 105 Å². The second kappa shape index (κ2) is 12.9. The van der Waals surface area contributed by atoms with Crippen molar-refractivity contribution in [1.82, 2.24) is 0 Å². The van der Waals surface area contributed by atoms with Crippen LogP contribution in [0.2, 0.25) is 0 Å². The summed E-state index contributed by atoms with van der Waals surface area (Å²) in [7, 11) is 0. The Morgan fingerprint density at radius 3 is 2.04 bits per heavy atom. The van der Waals surface area contributed by atoms with Crippen LogP contribution in [0.15, 0.2) is 174 Å². The van der Waals surface area contributed by atoms with Crippen molar-refractivity contribution in [1.29, 1.82) is 0 Å². The van der Waals surface area contributed by atoms with Crippen molar-refractivity contribution in [2.75, 3.05) is 4.90 Å². The number of hydrogen-bond acceptors (Lipinski definition) is 2. The number of para-hydroxylation sites is 2. The van der Waals surface area contributed by atoms with Gasteiger partial charge in [0.1, 0.15) is 11.2 Å². The van der Waals surface area contributed by atoms with Crippen molar-refractivity contribution in [2.24, 2.45) is 0 Å². The molecule has 250 valence electrons. The molecule has 8 aromatic carbocycles. The Bertz CT molecular complexity index is 2740. The summed E-state index contributed by atoms with van der Waals surface area (Å²) in [5, 5.41) is 7.46. The highest BCUT2D eigenvalue weighted by Gasteiger charge is 2.23. The molecule has 0 spiro atoms. The van der Waals surface area contributed by atoms with Crippen LogP contribution in [0.4, 0.5) is 17.1 Å². The molecular weight excluding hydrogens is 631 g/mol. The van der Waals surface area contributed by atoms with Crippen molar-refractivity contribution >= 4 is 60.5 Å². The van der Waals surface area contributed by atoms with E-state index in [0.29, 0.717) is 5.92 Å². The van der Waals surface area contributed by atoms with E-state index in [0.717, 1.165) is 44.6 Å². The fraction of sp³-hybridized carbons (Fsp3) is 0.120. The van der Waals surface area contributed by atoms with Crippen LogP contribution in [0.3, 0.4) is 0 Å². The van der Waals surface area contributed by atoms with Crippen LogP contribution in [0.1, 0.15) is 43.6 Å². The molecular formula is C50H39NO. The van der Waals surface area contributed by atoms with Crippen LogP contribution >= 0.6 is 0 Å². The van der Waals surface area contributed by atoms with E-state index < -0.39 is 0 Å². The third-order valence-corrected chi connectivity index (χ3v) is 11.2. The predicted octanol–water partition coefficient (Wildman–Crippen LogP) is 14.7. The number of furan rings is 1. The lowest BCUT2D eigenvalue weighted by atomic mass is 9.80. The van der Waals surface area contributed by atoms with Crippen LogP contribution in [0, 0.1) is 0 Å².